The molecule has 144 valence electrons. The van der Waals surface area contributed by atoms with Crippen molar-refractivity contribution in [2.45, 2.75) is 37.5 Å². The number of aromatic nitrogens is 4. The van der Waals surface area contributed by atoms with E-state index in [1.165, 1.54) is 18.3 Å². The maximum absolute atomic E-state index is 14.6. The van der Waals surface area contributed by atoms with Crippen LogP contribution in [0, 0.1) is 5.82 Å². The van der Waals surface area contributed by atoms with Gasteiger partial charge in [-0.3, -0.25) is 4.98 Å². The van der Waals surface area contributed by atoms with Crippen molar-refractivity contribution in [3.63, 3.8) is 0 Å². The van der Waals surface area contributed by atoms with Crippen LogP contribution in [0.5, 0.6) is 11.8 Å². The lowest BCUT2D eigenvalue weighted by molar-refractivity contribution is 0.383. The molecular weight excluding hydrogens is 359 g/mol. The molecule has 3 aromatic rings. The standard InChI is InChI=1S/C20H21FN6O/c21-15-9-13(4-5-17(15)28-20-24-7-6-18(22)27-20)12-2-1-3-14(8-12)16-10-26-19(23)11-25-16/h4-7,9-12,14H,1-3,8H2,(H2,23,26)(H2,22,24,27). The molecular formula is C20H21FN6O. The van der Waals surface area contributed by atoms with Crippen molar-refractivity contribution < 1.29 is 9.13 Å². The Labute approximate surface area is 162 Å². The van der Waals surface area contributed by atoms with E-state index in [-0.39, 0.29) is 23.5 Å². The summed E-state index contributed by atoms with van der Waals surface area (Å²) in [7, 11) is 0. The van der Waals surface area contributed by atoms with E-state index in [0.717, 1.165) is 36.9 Å². The Hall–Kier alpha value is -3.29. The molecule has 0 saturated heterocycles. The van der Waals surface area contributed by atoms with Crippen molar-refractivity contribution in [1.82, 2.24) is 19.9 Å². The van der Waals surface area contributed by atoms with Gasteiger partial charge in [-0.15, -0.1) is 0 Å². The average molecular weight is 380 g/mol. The lowest BCUT2D eigenvalue weighted by atomic mass is 9.77. The highest BCUT2D eigenvalue weighted by Crippen LogP contribution is 2.41. The Kier molecular flexibility index (Phi) is 5.01. The number of nitrogen functional groups attached to an aromatic ring is 2. The third-order valence-electron chi connectivity index (χ3n) is 5.07. The van der Waals surface area contributed by atoms with Crippen LogP contribution >= 0.6 is 0 Å². The van der Waals surface area contributed by atoms with Gasteiger partial charge in [-0.2, -0.15) is 4.98 Å². The maximum atomic E-state index is 14.6. The van der Waals surface area contributed by atoms with E-state index in [9.17, 15) is 4.39 Å². The normalized spacial score (nSPS) is 19.3. The summed E-state index contributed by atoms with van der Waals surface area (Å²) in [5.74, 6) is 0.861. The number of hydrogen-bond acceptors (Lipinski definition) is 7. The predicted octanol–water partition coefficient (Wildman–Crippen LogP) is 3.80. The predicted molar refractivity (Wildman–Crippen MR) is 103 cm³/mol. The zero-order valence-electron chi connectivity index (χ0n) is 15.3. The first-order chi connectivity index (χ1) is 13.6. The molecule has 1 aliphatic rings. The SMILES string of the molecule is Nc1cnc(C2CCCC(c3ccc(Oc4nccc(N)n4)c(F)c3)C2)cn1. The van der Waals surface area contributed by atoms with Gasteiger partial charge in [0.1, 0.15) is 11.6 Å². The average Bonchev–Trinajstić information content (AvgIpc) is 2.70. The molecule has 0 spiro atoms. The second-order valence-electron chi connectivity index (χ2n) is 6.98. The lowest BCUT2D eigenvalue weighted by Crippen LogP contribution is -2.14. The Morgan fingerprint density at radius 2 is 1.82 bits per heavy atom. The number of anilines is 2. The number of nitrogens with two attached hydrogens (primary N) is 2. The molecule has 1 aromatic carbocycles. The second-order valence-corrected chi connectivity index (χ2v) is 6.98. The van der Waals surface area contributed by atoms with Crippen LogP contribution in [0.25, 0.3) is 0 Å². The minimum absolute atomic E-state index is 0.0197. The zero-order valence-corrected chi connectivity index (χ0v) is 15.3. The Balaban J connectivity index is 1.49. The molecule has 4 N–H and O–H groups in total. The van der Waals surface area contributed by atoms with E-state index in [0.29, 0.717) is 11.7 Å². The molecule has 1 saturated carbocycles. The molecule has 0 amide bonds. The highest BCUT2D eigenvalue weighted by molar-refractivity contribution is 5.35. The molecule has 0 bridgehead atoms. The van der Waals surface area contributed by atoms with Crippen molar-refractivity contribution >= 4 is 11.6 Å². The first-order valence-electron chi connectivity index (χ1n) is 9.21. The summed E-state index contributed by atoms with van der Waals surface area (Å²) in [6, 6.07) is 6.60. The van der Waals surface area contributed by atoms with E-state index >= 15 is 0 Å². The molecule has 7 nitrogen and oxygen atoms in total. The van der Waals surface area contributed by atoms with Gasteiger partial charge in [-0.25, -0.2) is 14.4 Å². The summed E-state index contributed by atoms with van der Waals surface area (Å²) in [6.07, 6.45) is 8.80. The molecule has 2 atom stereocenters. The van der Waals surface area contributed by atoms with E-state index in [2.05, 4.69) is 19.9 Å². The Morgan fingerprint density at radius 3 is 2.57 bits per heavy atom. The fraction of sp³-hybridized carbons (Fsp3) is 0.300. The van der Waals surface area contributed by atoms with Crippen molar-refractivity contribution in [3.05, 3.63) is 59.9 Å². The van der Waals surface area contributed by atoms with Gasteiger partial charge < -0.3 is 16.2 Å². The fourth-order valence-electron chi connectivity index (χ4n) is 3.68. The van der Waals surface area contributed by atoms with Gasteiger partial charge in [-0.05, 0) is 48.9 Å². The number of benzene rings is 1. The first kappa shape index (κ1) is 18.1. The number of rotatable bonds is 4. The molecule has 0 aliphatic heterocycles. The largest absolute Gasteiger partial charge is 0.421 e. The topological polar surface area (TPSA) is 113 Å². The van der Waals surface area contributed by atoms with E-state index in [1.54, 1.807) is 18.5 Å². The summed E-state index contributed by atoms with van der Waals surface area (Å²) in [6.45, 7) is 0. The van der Waals surface area contributed by atoms with Crippen molar-refractivity contribution in [3.8, 4) is 11.8 Å². The molecule has 2 unspecified atom stereocenters. The van der Waals surface area contributed by atoms with Crippen LogP contribution in [0.1, 0.15) is 48.8 Å². The van der Waals surface area contributed by atoms with Crippen LogP contribution in [-0.4, -0.2) is 19.9 Å². The maximum Gasteiger partial charge on any atom is 0.323 e. The van der Waals surface area contributed by atoms with Crippen LogP contribution in [0.15, 0.2) is 42.9 Å². The molecule has 2 aromatic heterocycles. The summed E-state index contributed by atoms with van der Waals surface area (Å²) in [5, 5.41) is 0. The first-order valence-corrected chi connectivity index (χ1v) is 9.21. The zero-order chi connectivity index (χ0) is 19.5. The van der Waals surface area contributed by atoms with Gasteiger partial charge in [0, 0.05) is 12.1 Å². The van der Waals surface area contributed by atoms with E-state index in [4.69, 9.17) is 16.2 Å². The van der Waals surface area contributed by atoms with Gasteiger partial charge in [0.05, 0.1) is 18.1 Å². The molecule has 0 radical (unpaired) electrons. The van der Waals surface area contributed by atoms with Crippen molar-refractivity contribution in [1.29, 1.82) is 0 Å². The van der Waals surface area contributed by atoms with Crippen LogP contribution < -0.4 is 16.2 Å². The summed E-state index contributed by atoms with van der Waals surface area (Å²) < 4.78 is 20.0. The second kappa shape index (κ2) is 7.75. The number of hydrogen-bond donors (Lipinski definition) is 2. The Morgan fingerprint density at radius 1 is 0.964 bits per heavy atom. The third kappa shape index (κ3) is 4.00. The van der Waals surface area contributed by atoms with Crippen LogP contribution in [0.2, 0.25) is 0 Å². The van der Waals surface area contributed by atoms with Crippen LogP contribution in [0.3, 0.4) is 0 Å². The number of halogens is 1. The molecule has 1 fully saturated rings. The fourth-order valence-corrected chi connectivity index (χ4v) is 3.68. The molecule has 4 rings (SSSR count). The monoisotopic (exact) mass is 380 g/mol. The Bertz CT molecular complexity index is 965. The summed E-state index contributed by atoms with van der Waals surface area (Å²) in [4.78, 5) is 16.4. The van der Waals surface area contributed by atoms with E-state index < -0.39 is 5.82 Å². The molecule has 8 heteroatoms. The summed E-state index contributed by atoms with van der Waals surface area (Å²) in [5.41, 5.74) is 13.1. The van der Waals surface area contributed by atoms with E-state index in [1.807, 2.05) is 6.07 Å². The smallest absolute Gasteiger partial charge is 0.323 e. The lowest BCUT2D eigenvalue weighted by Gasteiger charge is -2.29. The van der Waals surface area contributed by atoms with Gasteiger partial charge in [0.25, 0.3) is 0 Å². The summed E-state index contributed by atoms with van der Waals surface area (Å²) >= 11 is 0. The highest BCUT2D eigenvalue weighted by Gasteiger charge is 2.26. The molecule has 1 aliphatic carbocycles. The van der Waals surface area contributed by atoms with Crippen molar-refractivity contribution in [2.24, 2.45) is 0 Å². The van der Waals surface area contributed by atoms with Crippen LogP contribution in [-0.2, 0) is 0 Å². The van der Waals surface area contributed by atoms with Crippen molar-refractivity contribution in [2.75, 3.05) is 11.5 Å². The minimum Gasteiger partial charge on any atom is -0.421 e. The van der Waals surface area contributed by atoms with Gasteiger partial charge in [-0.1, -0.05) is 12.5 Å². The number of nitrogens with zero attached hydrogens (tertiary/aromatic N) is 4. The molecule has 28 heavy (non-hydrogen) atoms. The number of ether oxygens (including phenoxy) is 1. The molecule has 2 heterocycles. The van der Waals surface area contributed by atoms with Gasteiger partial charge >= 0.3 is 6.01 Å². The minimum atomic E-state index is -0.446. The quantitative estimate of drug-likeness (QED) is 0.707. The third-order valence-corrected chi connectivity index (χ3v) is 5.07. The van der Waals surface area contributed by atoms with Gasteiger partial charge in [0.2, 0.25) is 0 Å². The van der Waals surface area contributed by atoms with Gasteiger partial charge in [0.15, 0.2) is 11.6 Å². The van der Waals surface area contributed by atoms with Crippen LogP contribution in [0.4, 0.5) is 16.0 Å². The highest BCUT2D eigenvalue weighted by atomic mass is 19.1.